The molecule has 5 heteroatoms. The zero-order valence-electron chi connectivity index (χ0n) is 9.48. The first-order chi connectivity index (χ1) is 8.25. The molecule has 1 aliphatic rings. The summed E-state index contributed by atoms with van der Waals surface area (Å²) in [6.07, 6.45) is 1.10. The normalized spacial score (nSPS) is 14.5. The molecule has 0 atom stereocenters. The molecule has 4 nitrogen and oxygen atoms in total. The molecular formula is C12H15N3OS. The lowest BCUT2D eigenvalue weighted by molar-refractivity contribution is -0.119. The fraction of sp³-hybridized carbons (Fsp3) is 0.333. The minimum Gasteiger partial charge on any atom is -0.399 e. The summed E-state index contributed by atoms with van der Waals surface area (Å²) < 4.78 is 0. The van der Waals surface area contributed by atoms with Gasteiger partial charge in [0.2, 0.25) is 5.91 Å². The van der Waals surface area contributed by atoms with Crippen LogP contribution >= 0.6 is 11.8 Å². The number of carbonyl (C=O) groups excluding carboxylic acids is 1. The summed E-state index contributed by atoms with van der Waals surface area (Å²) in [6, 6.07) is 7.62. The molecule has 0 aromatic heterocycles. The van der Waals surface area contributed by atoms with Crippen LogP contribution in [0.5, 0.6) is 0 Å². The van der Waals surface area contributed by atoms with E-state index >= 15 is 0 Å². The number of amidine groups is 1. The molecule has 1 aromatic rings. The fourth-order valence-electron chi connectivity index (χ4n) is 1.60. The van der Waals surface area contributed by atoms with Crippen molar-refractivity contribution in [3.63, 3.8) is 0 Å². The highest BCUT2D eigenvalue weighted by atomic mass is 32.2. The Morgan fingerprint density at radius 2 is 2.29 bits per heavy atom. The van der Waals surface area contributed by atoms with Crippen molar-refractivity contribution in [2.75, 3.05) is 18.0 Å². The lowest BCUT2D eigenvalue weighted by Gasteiger charge is -2.06. The van der Waals surface area contributed by atoms with Gasteiger partial charge in [-0.1, -0.05) is 30.0 Å². The second-order valence-corrected chi connectivity index (χ2v) is 4.87. The molecule has 90 valence electrons. The molecule has 0 radical (unpaired) electrons. The van der Waals surface area contributed by atoms with E-state index in [0.717, 1.165) is 28.7 Å². The molecule has 0 aliphatic carbocycles. The summed E-state index contributed by atoms with van der Waals surface area (Å²) in [6.45, 7) is 0.798. The number of nitrogens with one attached hydrogen (secondary N) is 1. The number of thioether (sulfide) groups is 1. The van der Waals surface area contributed by atoms with E-state index in [1.165, 1.54) is 0 Å². The van der Waals surface area contributed by atoms with Crippen LogP contribution in [-0.4, -0.2) is 23.4 Å². The van der Waals surface area contributed by atoms with E-state index in [1.54, 1.807) is 11.8 Å². The van der Waals surface area contributed by atoms with Gasteiger partial charge in [-0.15, -0.1) is 0 Å². The molecule has 0 unspecified atom stereocenters. The number of aryl methyl sites for hydroxylation is 1. The molecule has 1 amide bonds. The highest BCUT2D eigenvalue weighted by molar-refractivity contribution is 8.14. The van der Waals surface area contributed by atoms with E-state index in [9.17, 15) is 4.79 Å². The van der Waals surface area contributed by atoms with Gasteiger partial charge >= 0.3 is 0 Å². The lowest BCUT2D eigenvalue weighted by Crippen LogP contribution is -2.27. The number of anilines is 1. The number of hydrogen-bond acceptors (Lipinski definition) is 4. The van der Waals surface area contributed by atoms with Crippen LogP contribution in [0.25, 0.3) is 0 Å². The Bertz CT molecular complexity index is 445. The van der Waals surface area contributed by atoms with Crippen LogP contribution in [0.4, 0.5) is 5.69 Å². The summed E-state index contributed by atoms with van der Waals surface area (Å²) in [7, 11) is 0. The SMILES string of the molecule is Nc1ccccc1CCC(=O)NC1=NCCS1. The van der Waals surface area contributed by atoms with E-state index in [-0.39, 0.29) is 5.91 Å². The molecule has 17 heavy (non-hydrogen) atoms. The van der Waals surface area contributed by atoms with Crippen molar-refractivity contribution in [1.29, 1.82) is 0 Å². The number of nitrogen functional groups attached to an aromatic ring is 1. The zero-order chi connectivity index (χ0) is 12.1. The Balaban J connectivity index is 1.82. The smallest absolute Gasteiger partial charge is 0.226 e. The molecule has 0 fully saturated rings. The summed E-state index contributed by atoms with van der Waals surface area (Å²) in [5.74, 6) is 0.961. The molecule has 0 spiro atoms. The largest absolute Gasteiger partial charge is 0.399 e. The second kappa shape index (κ2) is 5.72. The number of rotatable bonds is 3. The molecule has 2 rings (SSSR count). The number of para-hydroxylation sites is 1. The third-order valence-corrected chi connectivity index (χ3v) is 3.40. The zero-order valence-corrected chi connectivity index (χ0v) is 10.3. The van der Waals surface area contributed by atoms with Crippen LogP contribution in [0.2, 0.25) is 0 Å². The van der Waals surface area contributed by atoms with E-state index in [0.29, 0.717) is 12.8 Å². The number of carbonyl (C=O) groups is 1. The van der Waals surface area contributed by atoms with Gasteiger partial charge in [0, 0.05) is 17.9 Å². The number of aliphatic imine (C=N–C) groups is 1. The van der Waals surface area contributed by atoms with Gasteiger partial charge < -0.3 is 11.1 Å². The Kier molecular flexibility index (Phi) is 4.03. The van der Waals surface area contributed by atoms with Crippen LogP contribution in [0.1, 0.15) is 12.0 Å². The lowest BCUT2D eigenvalue weighted by atomic mass is 10.1. The van der Waals surface area contributed by atoms with Crippen LogP contribution in [0.15, 0.2) is 29.3 Å². The first-order valence-corrected chi connectivity index (χ1v) is 6.55. The maximum Gasteiger partial charge on any atom is 0.226 e. The Labute approximate surface area is 105 Å². The molecular weight excluding hydrogens is 234 g/mol. The van der Waals surface area contributed by atoms with Crippen LogP contribution in [0, 0.1) is 0 Å². The summed E-state index contributed by atoms with van der Waals surface area (Å²) in [5, 5.41) is 3.55. The predicted octanol–water partition coefficient (Wildman–Crippen LogP) is 1.42. The number of nitrogens with zero attached hydrogens (tertiary/aromatic N) is 1. The minimum atomic E-state index is 0.00130. The highest BCUT2D eigenvalue weighted by Gasteiger charge is 2.11. The van der Waals surface area contributed by atoms with Crippen molar-refractivity contribution in [3.05, 3.63) is 29.8 Å². The quantitative estimate of drug-likeness (QED) is 0.796. The van der Waals surface area contributed by atoms with Crippen molar-refractivity contribution in [2.24, 2.45) is 4.99 Å². The van der Waals surface area contributed by atoms with Crippen LogP contribution < -0.4 is 11.1 Å². The summed E-state index contributed by atoms with van der Waals surface area (Å²) >= 11 is 1.59. The van der Waals surface area contributed by atoms with Crippen molar-refractivity contribution in [1.82, 2.24) is 5.32 Å². The van der Waals surface area contributed by atoms with Crippen LogP contribution in [0.3, 0.4) is 0 Å². The first-order valence-electron chi connectivity index (χ1n) is 5.56. The fourth-order valence-corrected chi connectivity index (χ4v) is 2.35. The van der Waals surface area contributed by atoms with Crippen molar-refractivity contribution in [3.8, 4) is 0 Å². The average Bonchev–Trinajstić information content (AvgIpc) is 2.81. The van der Waals surface area contributed by atoms with Crippen molar-refractivity contribution < 1.29 is 4.79 Å². The van der Waals surface area contributed by atoms with Gasteiger partial charge in [-0.2, -0.15) is 0 Å². The first kappa shape index (κ1) is 12.0. The Morgan fingerprint density at radius 3 is 3.00 bits per heavy atom. The third kappa shape index (κ3) is 3.49. The van der Waals surface area contributed by atoms with Gasteiger partial charge in [0.25, 0.3) is 0 Å². The monoisotopic (exact) mass is 249 g/mol. The standard InChI is InChI=1S/C12H15N3OS/c13-10-4-2-1-3-9(10)5-6-11(16)15-12-14-7-8-17-12/h1-4H,5-8,13H2,(H,14,15,16). The van der Waals surface area contributed by atoms with E-state index in [1.807, 2.05) is 24.3 Å². The van der Waals surface area contributed by atoms with Gasteiger partial charge in [-0.25, -0.2) is 0 Å². The van der Waals surface area contributed by atoms with Gasteiger partial charge in [0.05, 0.1) is 6.54 Å². The van der Waals surface area contributed by atoms with Crippen LogP contribution in [-0.2, 0) is 11.2 Å². The van der Waals surface area contributed by atoms with E-state index < -0.39 is 0 Å². The Morgan fingerprint density at radius 1 is 1.47 bits per heavy atom. The van der Waals surface area contributed by atoms with Gasteiger partial charge in [-0.05, 0) is 18.1 Å². The van der Waals surface area contributed by atoms with E-state index in [4.69, 9.17) is 5.73 Å². The molecule has 0 bridgehead atoms. The predicted molar refractivity (Wildman–Crippen MR) is 72.1 cm³/mol. The highest BCUT2D eigenvalue weighted by Crippen LogP contribution is 2.13. The molecule has 3 N–H and O–H groups in total. The molecule has 0 saturated heterocycles. The molecule has 1 heterocycles. The van der Waals surface area contributed by atoms with Gasteiger partial charge in [-0.3, -0.25) is 9.79 Å². The number of hydrogen-bond donors (Lipinski definition) is 2. The van der Waals surface area contributed by atoms with Gasteiger partial charge in [0.15, 0.2) is 5.17 Å². The summed E-state index contributed by atoms with van der Waals surface area (Å²) in [4.78, 5) is 15.8. The van der Waals surface area contributed by atoms with Gasteiger partial charge in [0.1, 0.15) is 0 Å². The minimum absolute atomic E-state index is 0.00130. The number of benzene rings is 1. The van der Waals surface area contributed by atoms with Crippen molar-refractivity contribution >= 4 is 28.5 Å². The summed E-state index contributed by atoms with van der Waals surface area (Å²) in [5.41, 5.74) is 7.57. The maximum absolute atomic E-state index is 11.6. The topological polar surface area (TPSA) is 67.5 Å². The number of amides is 1. The molecule has 1 aromatic carbocycles. The number of nitrogens with two attached hydrogens (primary N) is 1. The second-order valence-electron chi connectivity index (χ2n) is 3.78. The Hall–Kier alpha value is -1.49. The van der Waals surface area contributed by atoms with E-state index in [2.05, 4.69) is 10.3 Å². The molecule has 1 aliphatic heterocycles. The van der Waals surface area contributed by atoms with Crippen molar-refractivity contribution in [2.45, 2.75) is 12.8 Å². The third-order valence-electron chi connectivity index (χ3n) is 2.51. The maximum atomic E-state index is 11.6. The molecule has 0 saturated carbocycles. The average molecular weight is 249 g/mol.